The Hall–Kier alpha value is -0.0300. The van der Waals surface area contributed by atoms with Crippen molar-refractivity contribution >= 4 is 27.7 Å². The standard InChI is InChI=1S/C14H22BrNOS/c1-3-6-16-8-12-4-5-13(7-14(12)15)18-10-11(2)9-17/h4-5,7,11,16-17H,3,6,8-10H2,1-2H3. The lowest BCUT2D eigenvalue weighted by molar-refractivity contribution is 0.250. The molecule has 4 heteroatoms. The van der Waals surface area contributed by atoms with Gasteiger partial charge in [-0.05, 0) is 36.6 Å². The molecule has 0 aliphatic carbocycles. The third-order valence-electron chi connectivity index (χ3n) is 2.61. The molecule has 1 atom stereocenters. The first-order valence-corrected chi connectivity index (χ1v) is 8.18. The van der Waals surface area contributed by atoms with E-state index in [1.165, 1.54) is 10.5 Å². The highest BCUT2D eigenvalue weighted by atomic mass is 79.9. The van der Waals surface area contributed by atoms with E-state index in [9.17, 15) is 0 Å². The van der Waals surface area contributed by atoms with Crippen molar-refractivity contribution in [3.63, 3.8) is 0 Å². The van der Waals surface area contributed by atoms with Crippen molar-refractivity contribution in [3.05, 3.63) is 28.2 Å². The molecule has 0 spiro atoms. The summed E-state index contributed by atoms with van der Waals surface area (Å²) < 4.78 is 1.16. The van der Waals surface area contributed by atoms with Crippen LogP contribution in [0.3, 0.4) is 0 Å². The van der Waals surface area contributed by atoms with E-state index in [-0.39, 0.29) is 6.61 Å². The van der Waals surface area contributed by atoms with E-state index in [4.69, 9.17) is 5.11 Å². The third-order valence-corrected chi connectivity index (χ3v) is 4.67. The second-order valence-corrected chi connectivity index (χ2v) is 6.48. The van der Waals surface area contributed by atoms with Gasteiger partial charge in [0.05, 0.1) is 0 Å². The fourth-order valence-corrected chi connectivity index (χ4v) is 3.07. The van der Waals surface area contributed by atoms with Gasteiger partial charge in [0.15, 0.2) is 0 Å². The van der Waals surface area contributed by atoms with Crippen molar-refractivity contribution in [3.8, 4) is 0 Å². The molecule has 0 amide bonds. The van der Waals surface area contributed by atoms with Crippen LogP contribution in [0.1, 0.15) is 25.8 Å². The Kier molecular flexibility index (Phi) is 7.98. The summed E-state index contributed by atoms with van der Waals surface area (Å²) in [6.45, 7) is 6.45. The van der Waals surface area contributed by atoms with E-state index in [1.54, 1.807) is 11.8 Å². The molecular weight excluding hydrogens is 310 g/mol. The van der Waals surface area contributed by atoms with Gasteiger partial charge < -0.3 is 10.4 Å². The zero-order valence-corrected chi connectivity index (χ0v) is 13.5. The van der Waals surface area contributed by atoms with Crippen LogP contribution in [0.15, 0.2) is 27.6 Å². The highest BCUT2D eigenvalue weighted by molar-refractivity contribution is 9.10. The van der Waals surface area contributed by atoms with Crippen molar-refractivity contribution in [2.75, 3.05) is 18.9 Å². The number of thioether (sulfide) groups is 1. The number of hydrogen-bond acceptors (Lipinski definition) is 3. The van der Waals surface area contributed by atoms with Gasteiger partial charge in [-0.3, -0.25) is 0 Å². The van der Waals surface area contributed by atoms with Crippen LogP contribution in [0.2, 0.25) is 0 Å². The number of aliphatic hydroxyl groups is 1. The van der Waals surface area contributed by atoms with Gasteiger partial charge in [0.25, 0.3) is 0 Å². The largest absolute Gasteiger partial charge is 0.396 e. The second-order valence-electron chi connectivity index (χ2n) is 4.53. The zero-order chi connectivity index (χ0) is 13.4. The molecule has 0 radical (unpaired) electrons. The van der Waals surface area contributed by atoms with Crippen LogP contribution in [0.4, 0.5) is 0 Å². The maximum absolute atomic E-state index is 9.00. The minimum Gasteiger partial charge on any atom is -0.396 e. The quantitative estimate of drug-likeness (QED) is 0.563. The van der Waals surface area contributed by atoms with E-state index in [0.29, 0.717) is 5.92 Å². The van der Waals surface area contributed by atoms with Crippen LogP contribution in [0.5, 0.6) is 0 Å². The smallest absolute Gasteiger partial charge is 0.0464 e. The Labute approximate surface area is 123 Å². The summed E-state index contributed by atoms with van der Waals surface area (Å²) in [5.74, 6) is 1.30. The number of nitrogens with one attached hydrogen (secondary N) is 1. The summed E-state index contributed by atoms with van der Waals surface area (Å²) in [4.78, 5) is 1.25. The molecule has 1 unspecified atom stereocenters. The zero-order valence-electron chi connectivity index (χ0n) is 11.1. The Bertz CT molecular complexity index is 360. The molecule has 0 aromatic heterocycles. The van der Waals surface area contributed by atoms with Crippen molar-refractivity contribution in [2.45, 2.75) is 31.7 Å². The molecule has 102 valence electrons. The average Bonchev–Trinajstić information content (AvgIpc) is 2.38. The topological polar surface area (TPSA) is 32.3 Å². The summed E-state index contributed by atoms with van der Waals surface area (Å²) in [7, 11) is 0. The summed E-state index contributed by atoms with van der Waals surface area (Å²) in [5, 5.41) is 12.4. The molecule has 0 bridgehead atoms. The highest BCUT2D eigenvalue weighted by Gasteiger charge is 2.04. The number of halogens is 1. The van der Waals surface area contributed by atoms with Crippen molar-refractivity contribution in [1.82, 2.24) is 5.32 Å². The van der Waals surface area contributed by atoms with Crippen molar-refractivity contribution in [1.29, 1.82) is 0 Å². The molecule has 1 aromatic carbocycles. The first kappa shape index (κ1) is 16.0. The molecule has 0 aliphatic rings. The maximum Gasteiger partial charge on any atom is 0.0464 e. The molecule has 0 saturated heterocycles. The Morgan fingerprint density at radius 1 is 1.44 bits per heavy atom. The Morgan fingerprint density at radius 3 is 2.83 bits per heavy atom. The van der Waals surface area contributed by atoms with Gasteiger partial charge in [-0.2, -0.15) is 0 Å². The predicted octanol–water partition coefficient (Wildman–Crippen LogP) is 3.67. The van der Waals surface area contributed by atoms with Crippen LogP contribution >= 0.6 is 27.7 Å². The molecule has 18 heavy (non-hydrogen) atoms. The van der Waals surface area contributed by atoms with E-state index >= 15 is 0 Å². The van der Waals surface area contributed by atoms with Gasteiger partial charge in [-0.1, -0.05) is 35.8 Å². The normalized spacial score (nSPS) is 12.7. The highest BCUT2D eigenvalue weighted by Crippen LogP contribution is 2.26. The summed E-state index contributed by atoms with van der Waals surface area (Å²) >= 11 is 5.41. The fourth-order valence-electron chi connectivity index (χ4n) is 1.45. The third kappa shape index (κ3) is 5.74. The molecule has 2 nitrogen and oxygen atoms in total. The molecular formula is C14H22BrNOS. The molecule has 0 saturated carbocycles. The molecule has 0 heterocycles. The number of hydrogen-bond donors (Lipinski definition) is 2. The monoisotopic (exact) mass is 331 g/mol. The Balaban J connectivity index is 2.50. The van der Waals surface area contributed by atoms with Gasteiger partial charge >= 0.3 is 0 Å². The van der Waals surface area contributed by atoms with E-state index in [2.05, 4.69) is 53.3 Å². The summed E-state index contributed by atoms with van der Waals surface area (Å²) in [6, 6.07) is 6.49. The molecule has 1 rings (SSSR count). The number of rotatable bonds is 8. The van der Waals surface area contributed by atoms with Crippen LogP contribution in [-0.2, 0) is 6.54 Å². The Morgan fingerprint density at radius 2 is 2.22 bits per heavy atom. The van der Waals surface area contributed by atoms with Gasteiger partial charge in [0, 0.05) is 28.3 Å². The molecule has 1 aromatic rings. The van der Waals surface area contributed by atoms with Gasteiger partial charge in [0.2, 0.25) is 0 Å². The minimum atomic E-state index is 0.257. The van der Waals surface area contributed by atoms with Crippen LogP contribution < -0.4 is 5.32 Å². The average molecular weight is 332 g/mol. The van der Waals surface area contributed by atoms with Crippen LogP contribution in [-0.4, -0.2) is 24.0 Å². The molecule has 0 aliphatic heterocycles. The lowest BCUT2D eigenvalue weighted by Crippen LogP contribution is -2.14. The van der Waals surface area contributed by atoms with Crippen molar-refractivity contribution < 1.29 is 5.11 Å². The SMILES string of the molecule is CCCNCc1ccc(SCC(C)CO)cc1Br. The number of benzene rings is 1. The van der Waals surface area contributed by atoms with Crippen molar-refractivity contribution in [2.24, 2.45) is 5.92 Å². The van der Waals surface area contributed by atoms with E-state index < -0.39 is 0 Å². The second kappa shape index (κ2) is 8.97. The fraction of sp³-hybridized carbons (Fsp3) is 0.571. The first-order valence-electron chi connectivity index (χ1n) is 6.40. The van der Waals surface area contributed by atoms with E-state index in [0.717, 1.165) is 29.7 Å². The van der Waals surface area contributed by atoms with Gasteiger partial charge in [-0.25, -0.2) is 0 Å². The predicted molar refractivity (Wildman–Crippen MR) is 83.1 cm³/mol. The minimum absolute atomic E-state index is 0.257. The van der Waals surface area contributed by atoms with Gasteiger partial charge in [-0.15, -0.1) is 11.8 Å². The molecule has 0 fully saturated rings. The van der Waals surface area contributed by atoms with E-state index in [1.807, 2.05) is 0 Å². The summed E-state index contributed by atoms with van der Waals surface area (Å²) in [6.07, 6.45) is 1.16. The first-order chi connectivity index (χ1) is 8.67. The summed E-state index contributed by atoms with van der Waals surface area (Å²) in [5.41, 5.74) is 1.29. The van der Waals surface area contributed by atoms with Crippen LogP contribution in [0, 0.1) is 5.92 Å². The lowest BCUT2D eigenvalue weighted by Gasteiger charge is -2.10. The van der Waals surface area contributed by atoms with Gasteiger partial charge in [0.1, 0.15) is 0 Å². The maximum atomic E-state index is 9.00. The number of aliphatic hydroxyl groups excluding tert-OH is 1. The van der Waals surface area contributed by atoms with Crippen LogP contribution in [0.25, 0.3) is 0 Å². The lowest BCUT2D eigenvalue weighted by atomic mass is 10.2. The molecule has 2 N–H and O–H groups in total.